The number of hydrogen-bond donors (Lipinski definition) is 0. The van der Waals surface area contributed by atoms with Crippen LogP contribution < -0.4 is 4.74 Å². The molecule has 1 atom stereocenters. The molecule has 0 N–H and O–H groups in total. The number of halogens is 2. The highest BCUT2D eigenvalue weighted by Crippen LogP contribution is 2.40. The van der Waals surface area contributed by atoms with Crippen LogP contribution in [0.25, 0.3) is 0 Å². The summed E-state index contributed by atoms with van der Waals surface area (Å²) >= 11 is 5.27. The van der Waals surface area contributed by atoms with Gasteiger partial charge in [0.2, 0.25) is 0 Å². The van der Waals surface area contributed by atoms with Gasteiger partial charge in [0.25, 0.3) is 0 Å². The van der Waals surface area contributed by atoms with Crippen molar-refractivity contribution in [3.05, 3.63) is 51.5 Å². The molecule has 0 amide bonds. The van der Waals surface area contributed by atoms with Gasteiger partial charge in [0.15, 0.2) is 0 Å². The summed E-state index contributed by atoms with van der Waals surface area (Å²) in [5, 5.41) is 2.03. The van der Waals surface area contributed by atoms with Crippen molar-refractivity contribution in [3.63, 3.8) is 0 Å². The van der Waals surface area contributed by atoms with Crippen LogP contribution in [0, 0.1) is 12.7 Å². The van der Waals surface area contributed by atoms with Gasteiger partial charge in [-0.25, -0.2) is 4.39 Å². The Morgan fingerprint density at radius 2 is 2.12 bits per heavy atom. The van der Waals surface area contributed by atoms with Gasteiger partial charge in [0, 0.05) is 10.4 Å². The summed E-state index contributed by atoms with van der Waals surface area (Å²) in [7, 11) is 1.59. The van der Waals surface area contributed by atoms with Crippen molar-refractivity contribution < 1.29 is 9.13 Å². The molecule has 0 saturated heterocycles. The molecule has 90 valence electrons. The first-order valence-corrected chi connectivity index (χ1v) is 6.94. The number of benzene rings is 1. The van der Waals surface area contributed by atoms with E-state index in [2.05, 4.69) is 22.0 Å². The lowest BCUT2D eigenvalue weighted by Gasteiger charge is -2.14. The largest absolute Gasteiger partial charge is 0.496 e. The van der Waals surface area contributed by atoms with E-state index in [-0.39, 0.29) is 10.6 Å². The van der Waals surface area contributed by atoms with Crippen LogP contribution in [0.5, 0.6) is 5.75 Å². The number of alkyl halides is 1. The first kappa shape index (κ1) is 12.6. The Morgan fingerprint density at radius 3 is 2.71 bits per heavy atom. The molecule has 0 aliphatic rings. The Labute approximate surface area is 112 Å². The Bertz CT molecular complexity index is 524. The van der Waals surface area contributed by atoms with Crippen LogP contribution >= 0.6 is 27.3 Å². The molecule has 1 nitrogen and oxygen atoms in total. The Kier molecular flexibility index (Phi) is 3.84. The maximum Gasteiger partial charge on any atom is 0.123 e. The average Bonchev–Trinajstić information content (AvgIpc) is 2.74. The van der Waals surface area contributed by atoms with Crippen LogP contribution in [-0.4, -0.2) is 7.11 Å². The monoisotopic (exact) mass is 314 g/mol. The van der Waals surface area contributed by atoms with Gasteiger partial charge in [0.05, 0.1) is 11.9 Å². The molecule has 1 unspecified atom stereocenters. The number of thiophene rings is 1. The smallest absolute Gasteiger partial charge is 0.123 e. The molecule has 0 bridgehead atoms. The quantitative estimate of drug-likeness (QED) is 0.747. The first-order valence-electron chi connectivity index (χ1n) is 5.15. The van der Waals surface area contributed by atoms with Gasteiger partial charge < -0.3 is 4.74 Å². The van der Waals surface area contributed by atoms with E-state index in [1.165, 1.54) is 22.6 Å². The second-order valence-electron chi connectivity index (χ2n) is 3.72. The minimum Gasteiger partial charge on any atom is -0.496 e. The molecule has 17 heavy (non-hydrogen) atoms. The predicted molar refractivity (Wildman–Crippen MR) is 72.8 cm³/mol. The Balaban J connectivity index is 2.46. The maximum atomic E-state index is 13.3. The normalized spacial score (nSPS) is 12.5. The van der Waals surface area contributed by atoms with E-state index in [1.54, 1.807) is 24.5 Å². The van der Waals surface area contributed by atoms with E-state index in [9.17, 15) is 4.39 Å². The van der Waals surface area contributed by atoms with Crippen molar-refractivity contribution in [2.45, 2.75) is 11.8 Å². The highest BCUT2D eigenvalue weighted by atomic mass is 79.9. The second kappa shape index (κ2) is 5.19. The van der Waals surface area contributed by atoms with Gasteiger partial charge in [0.1, 0.15) is 11.6 Å². The van der Waals surface area contributed by atoms with Crippen molar-refractivity contribution in [2.24, 2.45) is 0 Å². The third-order valence-electron chi connectivity index (χ3n) is 2.60. The summed E-state index contributed by atoms with van der Waals surface area (Å²) in [6.07, 6.45) is 0. The molecular weight excluding hydrogens is 303 g/mol. The molecular formula is C13H12BrFOS. The molecule has 2 rings (SSSR count). The van der Waals surface area contributed by atoms with Crippen LogP contribution in [0.1, 0.15) is 20.8 Å². The van der Waals surface area contributed by atoms with Crippen molar-refractivity contribution in [1.29, 1.82) is 0 Å². The standard InChI is InChI=1S/C13H12BrFOS/c1-8-5-6-17-13(8)12(14)10-7-9(15)3-4-11(10)16-2/h3-7,12H,1-2H3. The molecule has 1 aromatic heterocycles. The van der Waals surface area contributed by atoms with Crippen molar-refractivity contribution in [1.82, 2.24) is 0 Å². The number of methoxy groups -OCH3 is 1. The minimum absolute atomic E-state index is 0.0341. The number of ether oxygens (including phenoxy) is 1. The summed E-state index contributed by atoms with van der Waals surface area (Å²) in [6, 6.07) is 6.63. The van der Waals surface area contributed by atoms with Gasteiger partial charge in [-0.1, -0.05) is 15.9 Å². The Hall–Kier alpha value is -0.870. The van der Waals surface area contributed by atoms with Crippen molar-refractivity contribution in [2.75, 3.05) is 7.11 Å². The molecule has 0 aliphatic carbocycles. The van der Waals surface area contributed by atoms with Gasteiger partial charge >= 0.3 is 0 Å². The van der Waals surface area contributed by atoms with Gasteiger partial charge in [-0.15, -0.1) is 11.3 Å². The van der Waals surface area contributed by atoms with Crippen molar-refractivity contribution >= 4 is 27.3 Å². The molecule has 0 fully saturated rings. The summed E-state index contributed by atoms with van der Waals surface area (Å²) in [6.45, 7) is 2.05. The SMILES string of the molecule is COc1ccc(F)cc1C(Br)c1sccc1C. The zero-order valence-electron chi connectivity index (χ0n) is 9.54. The molecule has 1 heterocycles. The third kappa shape index (κ3) is 2.53. The van der Waals surface area contributed by atoms with Crippen LogP contribution in [0.3, 0.4) is 0 Å². The minimum atomic E-state index is -0.251. The fraction of sp³-hybridized carbons (Fsp3) is 0.231. The van der Waals surface area contributed by atoms with E-state index in [0.717, 1.165) is 5.56 Å². The second-order valence-corrected chi connectivity index (χ2v) is 5.58. The van der Waals surface area contributed by atoms with Crippen LogP contribution in [-0.2, 0) is 0 Å². The predicted octanol–water partition coefficient (Wildman–Crippen LogP) is 4.69. The zero-order chi connectivity index (χ0) is 12.4. The van der Waals surface area contributed by atoms with Gasteiger partial charge in [-0.2, -0.15) is 0 Å². The molecule has 0 aliphatic heterocycles. The highest BCUT2D eigenvalue weighted by Gasteiger charge is 2.18. The average molecular weight is 315 g/mol. The summed E-state index contributed by atoms with van der Waals surface area (Å²) < 4.78 is 18.6. The molecule has 4 heteroatoms. The van der Waals surface area contributed by atoms with Gasteiger partial charge in [-0.3, -0.25) is 0 Å². The molecule has 1 aromatic carbocycles. The lowest BCUT2D eigenvalue weighted by atomic mass is 10.1. The third-order valence-corrected chi connectivity index (χ3v) is 4.93. The van der Waals surface area contributed by atoms with E-state index in [1.807, 2.05) is 12.3 Å². The fourth-order valence-electron chi connectivity index (χ4n) is 1.69. The summed E-state index contributed by atoms with van der Waals surface area (Å²) in [5.41, 5.74) is 2.02. The van der Waals surface area contributed by atoms with Crippen LogP contribution in [0.15, 0.2) is 29.6 Å². The molecule has 0 radical (unpaired) electrons. The van der Waals surface area contributed by atoms with E-state index < -0.39 is 0 Å². The number of rotatable bonds is 3. The van der Waals surface area contributed by atoms with E-state index in [0.29, 0.717) is 5.75 Å². The summed E-state index contributed by atoms with van der Waals surface area (Å²) in [5.74, 6) is 0.445. The first-order chi connectivity index (χ1) is 8.13. The van der Waals surface area contributed by atoms with Crippen molar-refractivity contribution in [3.8, 4) is 5.75 Å². The fourth-order valence-corrected chi connectivity index (χ4v) is 3.65. The van der Waals surface area contributed by atoms with E-state index >= 15 is 0 Å². The molecule has 0 spiro atoms. The molecule has 0 saturated carbocycles. The number of aryl methyl sites for hydroxylation is 1. The van der Waals surface area contributed by atoms with Crippen LogP contribution in [0.4, 0.5) is 4.39 Å². The Morgan fingerprint density at radius 1 is 1.35 bits per heavy atom. The molecule has 2 aromatic rings. The van der Waals surface area contributed by atoms with E-state index in [4.69, 9.17) is 4.74 Å². The lowest BCUT2D eigenvalue weighted by molar-refractivity contribution is 0.409. The topological polar surface area (TPSA) is 9.23 Å². The maximum absolute atomic E-state index is 13.3. The zero-order valence-corrected chi connectivity index (χ0v) is 11.9. The lowest BCUT2D eigenvalue weighted by Crippen LogP contribution is -1.97. The highest BCUT2D eigenvalue weighted by molar-refractivity contribution is 9.09. The van der Waals surface area contributed by atoms with Gasteiger partial charge in [-0.05, 0) is 42.1 Å². The summed E-state index contributed by atoms with van der Waals surface area (Å²) in [4.78, 5) is 1.14. The number of hydrogen-bond acceptors (Lipinski definition) is 2. The van der Waals surface area contributed by atoms with Crippen LogP contribution in [0.2, 0.25) is 0 Å².